The highest BCUT2D eigenvalue weighted by Crippen LogP contribution is 2.33. The first-order chi connectivity index (χ1) is 11.5. The fraction of sp³-hybridized carbons (Fsp3) is 0.579. The molecular formula is C19H27FN2O3. The highest BCUT2D eigenvalue weighted by molar-refractivity contribution is 5.95. The molecule has 2 rings (SSSR count). The zero-order valence-electron chi connectivity index (χ0n) is 15.6. The summed E-state index contributed by atoms with van der Waals surface area (Å²) in [6.07, 6.45) is 0.765. The lowest BCUT2D eigenvalue weighted by Gasteiger charge is -2.38. The molecular weight excluding hydrogens is 323 g/mol. The Morgan fingerprint density at radius 3 is 2.36 bits per heavy atom. The number of carbonyl (C=O) groups excluding carboxylic acids is 2. The minimum Gasteiger partial charge on any atom is -0.444 e. The number of hydrogen-bond donors (Lipinski definition) is 1. The molecule has 0 bridgehead atoms. The summed E-state index contributed by atoms with van der Waals surface area (Å²) in [5.74, 6) is -0.432. The van der Waals surface area contributed by atoms with Crippen molar-refractivity contribution in [2.75, 3.05) is 18.4 Å². The molecule has 0 aliphatic carbocycles. The molecule has 0 aromatic heterocycles. The number of benzene rings is 1. The molecule has 0 radical (unpaired) electrons. The summed E-state index contributed by atoms with van der Waals surface area (Å²) in [4.78, 5) is 26.5. The van der Waals surface area contributed by atoms with Crippen molar-refractivity contribution in [3.63, 3.8) is 0 Å². The van der Waals surface area contributed by atoms with Crippen LogP contribution in [0.15, 0.2) is 18.2 Å². The van der Waals surface area contributed by atoms with E-state index in [9.17, 15) is 14.0 Å². The standard InChI is InChI=1S/C19H27FN2O3/c1-13-12-14(20)6-7-15(13)21-16(23)19(5)8-10-22(11-9-19)17(24)25-18(2,3)4/h6-7,12H,8-11H2,1-5H3,(H,21,23). The van der Waals surface area contributed by atoms with Crippen molar-refractivity contribution in [1.29, 1.82) is 0 Å². The van der Waals surface area contributed by atoms with Gasteiger partial charge in [-0.15, -0.1) is 0 Å². The molecule has 1 aromatic rings. The fourth-order valence-corrected chi connectivity index (χ4v) is 2.78. The lowest BCUT2D eigenvalue weighted by Crippen LogP contribution is -2.48. The van der Waals surface area contributed by atoms with Crippen molar-refractivity contribution in [2.24, 2.45) is 5.41 Å². The molecule has 1 aromatic carbocycles. The molecule has 0 saturated carbocycles. The van der Waals surface area contributed by atoms with E-state index >= 15 is 0 Å². The third kappa shape index (κ3) is 4.94. The minimum absolute atomic E-state index is 0.106. The summed E-state index contributed by atoms with van der Waals surface area (Å²) in [5.41, 5.74) is 0.194. The third-order valence-corrected chi connectivity index (χ3v) is 4.50. The van der Waals surface area contributed by atoms with Crippen LogP contribution in [0.4, 0.5) is 14.9 Å². The number of nitrogens with one attached hydrogen (secondary N) is 1. The van der Waals surface area contributed by atoms with E-state index in [2.05, 4.69) is 5.32 Å². The van der Waals surface area contributed by atoms with Crippen LogP contribution in [0.1, 0.15) is 46.1 Å². The Labute approximate surface area is 148 Å². The summed E-state index contributed by atoms with van der Waals surface area (Å²) >= 11 is 0. The summed E-state index contributed by atoms with van der Waals surface area (Å²) in [5, 5.41) is 2.89. The zero-order chi connectivity index (χ0) is 18.8. The highest BCUT2D eigenvalue weighted by atomic mass is 19.1. The average Bonchev–Trinajstić information content (AvgIpc) is 2.49. The van der Waals surface area contributed by atoms with Crippen molar-refractivity contribution in [3.8, 4) is 0 Å². The first-order valence-corrected chi connectivity index (χ1v) is 8.56. The number of rotatable bonds is 2. The number of carbonyl (C=O) groups is 2. The molecule has 6 heteroatoms. The zero-order valence-corrected chi connectivity index (χ0v) is 15.6. The SMILES string of the molecule is Cc1cc(F)ccc1NC(=O)C1(C)CCN(C(=O)OC(C)(C)C)CC1. The second kappa shape index (κ2) is 7.02. The van der Waals surface area contributed by atoms with Gasteiger partial charge in [0.1, 0.15) is 11.4 Å². The molecule has 1 saturated heterocycles. The molecule has 25 heavy (non-hydrogen) atoms. The maximum atomic E-state index is 13.2. The van der Waals surface area contributed by atoms with Gasteiger partial charge in [0.15, 0.2) is 0 Å². The van der Waals surface area contributed by atoms with Crippen LogP contribution in [0.5, 0.6) is 0 Å². The van der Waals surface area contributed by atoms with Gasteiger partial charge >= 0.3 is 6.09 Å². The van der Waals surface area contributed by atoms with Crippen molar-refractivity contribution in [2.45, 2.75) is 53.1 Å². The molecule has 0 unspecified atom stereocenters. The monoisotopic (exact) mass is 350 g/mol. The van der Waals surface area contributed by atoms with Gasteiger partial charge in [-0.05, 0) is 64.3 Å². The summed E-state index contributed by atoms with van der Waals surface area (Å²) in [6, 6.07) is 4.29. The van der Waals surface area contributed by atoms with Crippen molar-refractivity contribution < 1.29 is 18.7 Å². The number of nitrogens with zero attached hydrogens (tertiary/aromatic N) is 1. The summed E-state index contributed by atoms with van der Waals surface area (Å²) in [6.45, 7) is 10.1. The second-order valence-electron chi connectivity index (χ2n) is 7.94. The number of ether oxygens (including phenoxy) is 1. The molecule has 0 spiro atoms. The number of piperidine rings is 1. The Morgan fingerprint density at radius 2 is 1.84 bits per heavy atom. The number of aryl methyl sites for hydroxylation is 1. The molecule has 1 aliphatic rings. The van der Waals surface area contributed by atoms with E-state index in [1.807, 2.05) is 27.7 Å². The van der Waals surface area contributed by atoms with Gasteiger partial charge in [-0.3, -0.25) is 4.79 Å². The van der Waals surface area contributed by atoms with Crippen LogP contribution in [0, 0.1) is 18.2 Å². The van der Waals surface area contributed by atoms with E-state index in [1.165, 1.54) is 12.1 Å². The van der Waals surface area contributed by atoms with Gasteiger partial charge in [0, 0.05) is 18.8 Å². The third-order valence-electron chi connectivity index (χ3n) is 4.50. The number of amides is 2. The first-order valence-electron chi connectivity index (χ1n) is 8.56. The van der Waals surface area contributed by atoms with Gasteiger partial charge in [-0.25, -0.2) is 9.18 Å². The van der Waals surface area contributed by atoms with Gasteiger partial charge in [0.05, 0.1) is 5.41 Å². The Morgan fingerprint density at radius 1 is 1.24 bits per heavy atom. The van der Waals surface area contributed by atoms with Crippen LogP contribution in [-0.4, -0.2) is 35.6 Å². The van der Waals surface area contributed by atoms with Crippen LogP contribution in [0.25, 0.3) is 0 Å². The molecule has 138 valence electrons. The number of anilines is 1. The van der Waals surface area contributed by atoms with E-state index in [-0.39, 0.29) is 17.8 Å². The molecule has 2 amide bonds. The number of hydrogen-bond acceptors (Lipinski definition) is 3. The summed E-state index contributed by atoms with van der Waals surface area (Å²) in [7, 11) is 0. The van der Waals surface area contributed by atoms with E-state index in [1.54, 1.807) is 17.9 Å². The predicted octanol–water partition coefficient (Wildman–Crippen LogP) is 4.11. The van der Waals surface area contributed by atoms with Crippen LogP contribution in [0.2, 0.25) is 0 Å². The molecule has 1 fully saturated rings. The van der Waals surface area contributed by atoms with Crippen LogP contribution >= 0.6 is 0 Å². The van der Waals surface area contributed by atoms with E-state index in [0.717, 1.165) is 0 Å². The lowest BCUT2D eigenvalue weighted by molar-refractivity contribution is -0.127. The predicted molar refractivity (Wildman–Crippen MR) is 94.9 cm³/mol. The van der Waals surface area contributed by atoms with E-state index in [4.69, 9.17) is 4.74 Å². The molecule has 5 nitrogen and oxygen atoms in total. The summed E-state index contributed by atoms with van der Waals surface area (Å²) < 4.78 is 18.6. The normalized spacial score (nSPS) is 17.1. The van der Waals surface area contributed by atoms with E-state index < -0.39 is 11.0 Å². The van der Waals surface area contributed by atoms with E-state index in [0.29, 0.717) is 37.2 Å². The topological polar surface area (TPSA) is 58.6 Å². The maximum Gasteiger partial charge on any atom is 0.410 e. The maximum absolute atomic E-state index is 13.2. The van der Waals surface area contributed by atoms with Crippen molar-refractivity contribution in [3.05, 3.63) is 29.6 Å². The quantitative estimate of drug-likeness (QED) is 0.873. The van der Waals surface area contributed by atoms with Crippen molar-refractivity contribution in [1.82, 2.24) is 4.90 Å². The average molecular weight is 350 g/mol. The van der Waals surface area contributed by atoms with Gasteiger partial charge in [-0.1, -0.05) is 6.92 Å². The Balaban J connectivity index is 1.97. The van der Waals surface area contributed by atoms with Crippen LogP contribution < -0.4 is 5.32 Å². The Hall–Kier alpha value is -2.11. The first kappa shape index (κ1) is 19.2. The Bertz CT molecular complexity index is 659. The number of halogens is 1. The van der Waals surface area contributed by atoms with Crippen molar-refractivity contribution >= 4 is 17.7 Å². The van der Waals surface area contributed by atoms with Gasteiger partial charge < -0.3 is 15.0 Å². The molecule has 1 N–H and O–H groups in total. The minimum atomic E-state index is -0.570. The smallest absolute Gasteiger partial charge is 0.410 e. The van der Waals surface area contributed by atoms with Crippen LogP contribution in [0.3, 0.4) is 0 Å². The second-order valence-corrected chi connectivity index (χ2v) is 7.94. The fourth-order valence-electron chi connectivity index (χ4n) is 2.78. The van der Waals surface area contributed by atoms with Gasteiger partial charge in [0.2, 0.25) is 5.91 Å². The van der Waals surface area contributed by atoms with Crippen LogP contribution in [-0.2, 0) is 9.53 Å². The largest absolute Gasteiger partial charge is 0.444 e. The Kier molecular flexibility index (Phi) is 5.40. The molecule has 0 atom stereocenters. The molecule has 1 aliphatic heterocycles. The molecule has 1 heterocycles. The van der Waals surface area contributed by atoms with Gasteiger partial charge in [0.25, 0.3) is 0 Å². The van der Waals surface area contributed by atoms with Gasteiger partial charge in [-0.2, -0.15) is 0 Å². The number of likely N-dealkylation sites (tertiary alicyclic amines) is 1. The lowest BCUT2D eigenvalue weighted by atomic mass is 9.79. The highest BCUT2D eigenvalue weighted by Gasteiger charge is 2.39.